The molecule has 4 rings (SSSR count). The van der Waals surface area contributed by atoms with Gasteiger partial charge >= 0.3 is 0 Å². The molecule has 29 heavy (non-hydrogen) atoms. The first kappa shape index (κ1) is 19.4. The van der Waals surface area contributed by atoms with E-state index in [9.17, 15) is 4.79 Å². The average molecular weight is 393 g/mol. The van der Waals surface area contributed by atoms with Crippen LogP contribution < -0.4 is 4.90 Å². The molecule has 3 heterocycles. The normalized spacial score (nSPS) is 16.9. The van der Waals surface area contributed by atoms with Gasteiger partial charge in [-0.2, -0.15) is 4.98 Å². The summed E-state index contributed by atoms with van der Waals surface area (Å²) in [5.41, 5.74) is 2.75. The third-order valence-electron chi connectivity index (χ3n) is 5.69. The molecule has 0 aliphatic carbocycles. The largest absolute Gasteiger partial charge is 0.423 e. The monoisotopic (exact) mass is 392 g/mol. The molecule has 1 aliphatic heterocycles. The van der Waals surface area contributed by atoms with Crippen molar-refractivity contribution in [2.75, 3.05) is 31.6 Å². The number of likely N-dealkylation sites (N-methyl/N-ethyl adjacent to an activating group) is 1. The fourth-order valence-electron chi connectivity index (χ4n) is 3.94. The molecule has 1 amide bonds. The first-order valence-corrected chi connectivity index (χ1v) is 10.4. The summed E-state index contributed by atoms with van der Waals surface area (Å²) in [4.78, 5) is 25.5. The molecule has 0 spiro atoms. The van der Waals surface area contributed by atoms with Crippen LogP contribution in [0, 0.1) is 5.92 Å². The lowest BCUT2D eigenvalue weighted by Gasteiger charge is -2.31. The Bertz CT molecular complexity index is 907. The topological polar surface area (TPSA) is 62.5 Å². The number of hydrogen-bond acceptors (Lipinski definition) is 5. The fourth-order valence-corrected chi connectivity index (χ4v) is 3.94. The van der Waals surface area contributed by atoms with Gasteiger partial charge in [0, 0.05) is 51.4 Å². The van der Waals surface area contributed by atoms with Crippen molar-refractivity contribution < 1.29 is 9.21 Å². The summed E-state index contributed by atoms with van der Waals surface area (Å²) in [5, 5.41) is 0. The molecule has 0 unspecified atom stereocenters. The van der Waals surface area contributed by atoms with Gasteiger partial charge < -0.3 is 14.2 Å². The van der Waals surface area contributed by atoms with Crippen molar-refractivity contribution in [1.82, 2.24) is 14.9 Å². The summed E-state index contributed by atoms with van der Waals surface area (Å²) in [6, 6.07) is 14.5. The van der Waals surface area contributed by atoms with E-state index in [0.717, 1.165) is 55.6 Å². The minimum absolute atomic E-state index is 0.208. The van der Waals surface area contributed by atoms with Crippen LogP contribution in [0.4, 0.5) is 6.01 Å². The van der Waals surface area contributed by atoms with Crippen LogP contribution in [0.15, 0.2) is 53.1 Å². The van der Waals surface area contributed by atoms with E-state index in [-0.39, 0.29) is 5.91 Å². The number of anilines is 1. The second-order valence-electron chi connectivity index (χ2n) is 7.84. The number of para-hydroxylation sites is 2. The van der Waals surface area contributed by atoms with E-state index in [4.69, 9.17) is 4.42 Å². The van der Waals surface area contributed by atoms with Gasteiger partial charge in [0.15, 0.2) is 5.58 Å². The highest BCUT2D eigenvalue weighted by atomic mass is 16.4. The highest BCUT2D eigenvalue weighted by Crippen LogP contribution is 2.28. The summed E-state index contributed by atoms with van der Waals surface area (Å²) in [6.07, 6.45) is 6.34. The number of aromatic nitrogens is 2. The maximum Gasteiger partial charge on any atom is 0.298 e. The number of nitrogens with zero attached hydrogens (tertiary/aromatic N) is 4. The number of hydrogen-bond donors (Lipinski definition) is 0. The molecule has 2 aromatic heterocycles. The van der Waals surface area contributed by atoms with Crippen LogP contribution in [0.1, 0.15) is 31.4 Å². The lowest BCUT2D eigenvalue weighted by molar-refractivity contribution is -0.130. The van der Waals surface area contributed by atoms with Crippen LogP contribution in [0.2, 0.25) is 0 Å². The predicted octanol–water partition coefficient (Wildman–Crippen LogP) is 3.92. The zero-order valence-electron chi connectivity index (χ0n) is 17.0. The van der Waals surface area contributed by atoms with Crippen LogP contribution >= 0.6 is 0 Å². The lowest BCUT2D eigenvalue weighted by Crippen LogP contribution is -2.36. The van der Waals surface area contributed by atoms with Crippen molar-refractivity contribution in [2.45, 2.75) is 32.1 Å². The van der Waals surface area contributed by atoms with Crippen LogP contribution in [0.5, 0.6) is 0 Å². The maximum atomic E-state index is 12.5. The minimum Gasteiger partial charge on any atom is -0.423 e. The molecule has 6 heteroatoms. The smallest absolute Gasteiger partial charge is 0.298 e. The van der Waals surface area contributed by atoms with Gasteiger partial charge in [-0.3, -0.25) is 9.78 Å². The molecule has 152 valence electrons. The maximum absolute atomic E-state index is 12.5. The van der Waals surface area contributed by atoms with E-state index in [1.807, 2.05) is 54.4 Å². The fraction of sp³-hybridized carbons (Fsp3) is 0.435. The molecule has 1 saturated heterocycles. The Morgan fingerprint density at radius 2 is 2.10 bits per heavy atom. The summed E-state index contributed by atoms with van der Waals surface area (Å²) < 4.78 is 5.93. The molecule has 1 atom stereocenters. The summed E-state index contributed by atoms with van der Waals surface area (Å²) in [6.45, 7) is 2.56. The molecule has 6 nitrogen and oxygen atoms in total. The molecule has 0 N–H and O–H groups in total. The second kappa shape index (κ2) is 9.07. The molecule has 0 saturated carbocycles. The van der Waals surface area contributed by atoms with Crippen LogP contribution in [0.3, 0.4) is 0 Å². The molecular weight excluding hydrogens is 364 g/mol. The number of pyridine rings is 1. The number of amides is 1. The second-order valence-corrected chi connectivity index (χ2v) is 7.84. The molecule has 1 aliphatic rings. The van der Waals surface area contributed by atoms with E-state index in [0.29, 0.717) is 24.9 Å². The van der Waals surface area contributed by atoms with Crippen molar-refractivity contribution in [1.29, 1.82) is 0 Å². The van der Waals surface area contributed by atoms with E-state index in [1.54, 1.807) is 6.20 Å². The van der Waals surface area contributed by atoms with E-state index in [2.05, 4.69) is 14.9 Å². The predicted molar refractivity (Wildman–Crippen MR) is 114 cm³/mol. The molecular formula is C23H28N4O2. The van der Waals surface area contributed by atoms with Gasteiger partial charge in [-0.1, -0.05) is 18.2 Å². The van der Waals surface area contributed by atoms with Crippen molar-refractivity contribution in [3.8, 4) is 0 Å². The number of carbonyl (C=O) groups is 1. The van der Waals surface area contributed by atoms with E-state index >= 15 is 0 Å². The number of carbonyl (C=O) groups excluding carboxylic acids is 1. The Hall–Kier alpha value is -2.89. The Kier molecular flexibility index (Phi) is 6.08. The molecule has 1 fully saturated rings. The molecule has 1 aromatic carbocycles. The van der Waals surface area contributed by atoms with Gasteiger partial charge in [-0.15, -0.1) is 0 Å². The Balaban J connectivity index is 1.26. The Morgan fingerprint density at radius 3 is 2.93 bits per heavy atom. The van der Waals surface area contributed by atoms with Gasteiger partial charge in [0.05, 0.1) is 0 Å². The molecule has 0 radical (unpaired) electrons. The standard InChI is InChI=1S/C23H28N4O2/c1-26(16-13-19-8-4-5-14-24-19)22(28)12-11-18-7-6-15-27(17-18)23-25-20-9-2-3-10-21(20)29-23/h2-5,8-10,14,18H,6-7,11-13,15-17H2,1H3/t18-/m0/s1. The van der Waals surface area contributed by atoms with Gasteiger partial charge in [0.1, 0.15) is 5.52 Å². The zero-order chi connectivity index (χ0) is 20.1. The zero-order valence-corrected chi connectivity index (χ0v) is 17.0. The van der Waals surface area contributed by atoms with Crippen molar-refractivity contribution in [3.63, 3.8) is 0 Å². The SMILES string of the molecule is CN(CCc1ccccn1)C(=O)CC[C@@H]1CCCN(c2nc3ccccc3o2)C1. The lowest BCUT2D eigenvalue weighted by atomic mass is 9.93. The van der Waals surface area contributed by atoms with Gasteiger partial charge in [0.25, 0.3) is 6.01 Å². The third kappa shape index (κ3) is 4.94. The van der Waals surface area contributed by atoms with Crippen molar-refractivity contribution in [3.05, 3.63) is 54.4 Å². The van der Waals surface area contributed by atoms with E-state index < -0.39 is 0 Å². The number of benzene rings is 1. The quantitative estimate of drug-likeness (QED) is 0.610. The minimum atomic E-state index is 0.208. The first-order valence-electron chi connectivity index (χ1n) is 10.4. The van der Waals surface area contributed by atoms with Crippen LogP contribution in [-0.4, -0.2) is 47.5 Å². The van der Waals surface area contributed by atoms with Crippen LogP contribution in [-0.2, 0) is 11.2 Å². The number of fused-ring (bicyclic) bond motifs is 1. The summed E-state index contributed by atoms with van der Waals surface area (Å²) in [7, 11) is 1.89. The van der Waals surface area contributed by atoms with E-state index in [1.165, 1.54) is 0 Å². The highest BCUT2D eigenvalue weighted by Gasteiger charge is 2.24. The van der Waals surface area contributed by atoms with Gasteiger partial charge in [0.2, 0.25) is 5.91 Å². The number of rotatable bonds is 7. The van der Waals surface area contributed by atoms with Crippen molar-refractivity contribution >= 4 is 23.0 Å². The number of piperidine rings is 1. The summed E-state index contributed by atoms with van der Waals surface area (Å²) in [5.74, 6) is 0.701. The first-order chi connectivity index (χ1) is 14.2. The Morgan fingerprint density at radius 1 is 1.24 bits per heavy atom. The van der Waals surface area contributed by atoms with Gasteiger partial charge in [-0.05, 0) is 49.4 Å². The Labute approximate surface area is 171 Å². The van der Waals surface area contributed by atoms with Gasteiger partial charge in [-0.25, -0.2) is 0 Å². The molecule has 0 bridgehead atoms. The van der Waals surface area contributed by atoms with Crippen LogP contribution in [0.25, 0.3) is 11.1 Å². The summed E-state index contributed by atoms with van der Waals surface area (Å²) >= 11 is 0. The van der Waals surface area contributed by atoms with Crippen molar-refractivity contribution in [2.24, 2.45) is 5.92 Å². The third-order valence-corrected chi connectivity index (χ3v) is 5.69. The number of oxazole rings is 1. The average Bonchev–Trinajstić information content (AvgIpc) is 3.21. The molecule has 3 aromatic rings. The highest BCUT2D eigenvalue weighted by molar-refractivity contribution is 5.76.